The van der Waals surface area contributed by atoms with Crippen molar-refractivity contribution in [2.45, 2.75) is 19.3 Å². The molecule has 0 aromatic heterocycles. The molecule has 0 fully saturated rings. The molecule has 2 rings (SSSR count). The van der Waals surface area contributed by atoms with Gasteiger partial charge in [0.25, 0.3) is 5.91 Å². The summed E-state index contributed by atoms with van der Waals surface area (Å²) >= 11 is 0. The number of hydrogen-bond acceptors (Lipinski definition) is 4. The van der Waals surface area contributed by atoms with Crippen molar-refractivity contribution in [3.8, 4) is 5.75 Å². The molecule has 0 bridgehead atoms. The minimum absolute atomic E-state index is 0.236. The smallest absolute Gasteiger partial charge is 0.452 e. The molecule has 0 heterocycles. The van der Waals surface area contributed by atoms with E-state index in [0.717, 1.165) is 23.8 Å². The first-order chi connectivity index (χ1) is 13.2. The Balaban J connectivity index is 1.77. The average molecular weight is 393 g/mol. The topological polar surface area (TPSA) is 64.6 Å². The van der Waals surface area contributed by atoms with Gasteiger partial charge >= 0.3 is 12.3 Å². The van der Waals surface area contributed by atoms with E-state index in [-0.39, 0.29) is 11.8 Å². The maximum atomic E-state index is 12.1. The number of halogens is 3. The third-order valence-electron chi connectivity index (χ3n) is 3.55. The number of rotatable bonds is 7. The predicted molar refractivity (Wildman–Crippen MR) is 96.1 cm³/mol. The maximum absolute atomic E-state index is 12.1. The summed E-state index contributed by atoms with van der Waals surface area (Å²) in [6.07, 6.45) is -2.34. The zero-order valence-corrected chi connectivity index (χ0v) is 14.9. The average Bonchev–Trinajstić information content (AvgIpc) is 2.65. The van der Waals surface area contributed by atoms with Crippen molar-refractivity contribution >= 4 is 18.0 Å². The number of carbonyl (C=O) groups is 2. The van der Waals surface area contributed by atoms with Crippen molar-refractivity contribution in [2.24, 2.45) is 0 Å². The lowest BCUT2D eigenvalue weighted by molar-refractivity contribution is -0.274. The van der Waals surface area contributed by atoms with Crippen LogP contribution in [-0.4, -0.2) is 24.8 Å². The Morgan fingerprint density at radius 1 is 1.07 bits per heavy atom. The molecule has 0 saturated heterocycles. The summed E-state index contributed by atoms with van der Waals surface area (Å²) in [5, 5.41) is 2.70. The van der Waals surface area contributed by atoms with Gasteiger partial charge in [-0.2, -0.15) is 0 Å². The summed E-state index contributed by atoms with van der Waals surface area (Å²) in [4.78, 5) is 23.5. The van der Waals surface area contributed by atoms with Crippen molar-refractivity contribution in [1.29, 1.82) is 0 Å². The minimum Gasteiger partial charge on any atom is -0.452 e. The molecule has 28 heavy (non-hydrogen) atoms. The quantitative estimate of drug-likeness (QED) is 0.570. The van der Waals surface area contributed by atoms with Crippen LogP contribution in [0.3, 0.4) is 0 Å². The fourth-order valence-electron chi connectivity index (χ4n) is 2.24. The monoisotopic (exact) mass is 393 g/mol. The SMILES string of the molecule is C[C@H](NC(=O)COC(=O)/C=C/c1ccc(OC(F)(F)F)cc1)c1ccccc1. The standard InChI is InChI=1S/C20H18F3NO4/c1-14(16-5-3-2-4-6-16)24-18(25)13-27-19(26)12-9-15-7-10-17(11-8-15)28-20(21,22)23/h2-12,14H,13H2,1H3,(H,24,25)/b12-9+/t14-/m0/s1. The van der Waals surface area contributed by atoms with Gasteiger partial charge in [0.1, 0.15) is 5.75 Å². The zero-order chi connectivity index (χ0) is 20.6. The Labute approximate surface area is 159 Å². The number of esters is 1. The molecule has 0 spiro atoms. The second kappa shape index (κ2) is 9.59. The Kier molecular flexibility index (Phi) is 7.20. The van der Waals surface area contributed by atoms with Crippen molar-refractivity contribution < 1.29 is 32.2 Å². The van der Waals surface area contributed by atoms with Gasteiger partial charge in [-0.05, 0) is 36.3 Å². The number of benzene rings is 2. The Bertz CT molecular complexity index is 818. The van der Waals surface area contributed by atoms with E-state index in [0.29, 0.717) is 5.56 Å². The molecule has 148 valence electrons. The lowest BCUT2D eigenvalue weighted by Crippen LogP contribution is -2.30. The lowest BCUT2D eigenvalue weighted by Gasteiger charge is -2.13. The van der Waals surface area contributed by atoms with Gasteiger partial charge in [-0.15, -0.1) is 13.2 Å². The molecule has 0 radical (unpaired) electrons. The normalized spacial score (nSPS) is 12.4. The summed E-state index contributed by atoms with van der Waals surface area (Å²) in [6, 6.07) is 14.0. The highest BCUT2D eigenvalue weighted by atomic mass is 19.4. The highest BCUT2D eigenvalue weighted by Gasteiger charge is 2.30. The molecule has 2 aromatic carbocycles. The van der Waals surface area contributed by atoms with Gasteiger partial charge < -0.3 is 14.8 Å². The van der Waals surface area contributed by atoms with Gasteiger partial charge in [0.15, 0.2) is 6.61 Å². The molecular formula is C20H18F3NO4. The van der Waals surface area contributed by atoms with Crippen molar-refractivity contribution in [2.75, 3.05) is 6.61 Å². The molecular weight excluding hydrogens is 375 g/mol. The van der Waals surface area contributed by atoms with Gasteiger partial charge in [0, 0.05) is 6.08 Å². The highest BCUT2D eigenvalue weighted by Crippen LogP contribution is 2.23. The van der Waals surface area contributed by atoms with Crippen LogP contribution in [0.5, 0.6) is 5.75 Å². The lowest BCUT2D eigenvalue weighted by atomic mass is 10.1. The van der Waals surface area contributed by atoms with Crippen molar-refractivity contribution in [3.05, 3.63) is 71.8 Å². The fourth-order valence-corrected chi connectivity index (χ4v) is 2.24. The summed E-state index contributed by atoms with van der Waals surface area (Å²) in [5.41, 5.74) is 1.38. The number of hydrogen-bond donors (Lipinski definition) is 1. The van der Waals surface area contributed by atoms with Gasteiger partial charge in [-0.1, -0.05) is 42.5 Å². The molecule has 0 saturated carbocycles. The van der Waals surface area contributed by atoms with Crippen LogP contribution in [0, 0.1) is 0 Å². The molecule has 0 unspecified atom stereocenters. The summed E-state index contributed by atoms with van der Waals surface area (Å²) in [5.74, 6) is -1.57. The third kappa shape index (κ3) is 7.53. The molecule has 1 N–H and O–H groups in total. The van der Waals surface area contributed by atoms with Crippen LogP contribution < -0.4 is 10.1 Å². The summed E-state index contributed by atoms with van der Waals surface area (Å²) < 4.78 is 44.9. The molecule has 2 aromatic rings. The van der Waals surface area contributed by atoms with Crippen LogP contribution in [0.25, 0.3) is 6.08 Å². The van der Waals surface area contributed by atoms with E-state index in [1.807, 2.05) is 30.3 Å². The Hall–Kier alpha value is -3.29. The number of amides is 1. The van der Waals surface area contributed by atoms with Crippen LogP contribution in [0.4, 0.5) is 13.2 Å². The van der Waals surface area contributed by atoms with Crippen molar-refractivity contribution in [1.82, 2.24) is 5.32 Å². The first-order valence-corrected chi connectivity index (χ1v) is 8.28. The predicted octanol–water partition coefficient (Wildman–Crippen LogP) is 4.02. The summed E-state index contributed by atoms with van der Waals surface area (Å²) in [7, 11) is 0. The van der Waals surface area contributed by atoms with E-state index >= 15 is 0 Å². The summed E-state index contributed by atoms with van der Waals surface area (Å²) in [6.45, 7) is 1.36. The molecule has 0 aliphatic rings. The van der Waals surface area contributed by atoms with E-state index in [9.17, 15) is 22.8 Å². The van der Waals surface area contributed by atoms with Crippen LogP contribution in [0.2, 0.25) is 0 Å². The molecule has 8 heteroatoms. The van der Waals surface area contributed by atoms with Gasteiger partial charge in [-0.25, -0.2) is 4.79 Å². The van der Waals surface area contributed by atoms with Gasteiger partial charge in [0.2, 0.25) is 0 Å². The molecule has 1 atom stereocenters. The second-order valence-corrected chi connectivity index (χ2v) is 5.76. The molecule has 1 amide bonds. The maximum Gasteiger partial charge on any atom is 0.573 e. The second-order valence-electron chi connectivity index (χ2n) is 5.76. The molecule has 0 aliphatic carbocycles. The van der Waals surface area contributed by atoms with Crippen LogP contribution >= 0.6 is 0 Å². The largest absolute Gasteiger partial charge is 0.573 e. The minimum atomic E-state index is -4.76. The van der Waals surface area contributed by atoms with Gasteiger partial charge in [0.05, 0.1) is 6.04 Å². The van der Waals surface area contributed by atoms with E-state index in [1.165, 1.54) is 18.2 Å². The first-order valence-electron chi connectivity index (χ1n) is 8.28. The highest BCUT2D eigenvalue weighted by molar-refractivity contribution is 5.89. The van der Waals surface area contributed by atoms with Crippen LogP contribution in [0.1, 0.15) is 24.1 Å². The Morgan fingerprint density at radius 3 is 2.32 bits per heavy atom. The fraction of sp³-hybridized carbons (Fsp3) is 0.200. The first kappa shape index (κ1) is 21.0. The van der Waals surface area contributed by atoms with E-state index in [4.69, 9.17) is 4.74 Å². The van der Waals surface area contributed by atoms with Gasteiger partial charge in [-0.3, -0.25) is 4.79 Å². The number of carbonyl (C=O) groups excluding carboxylic acids is 2. The third-order valence-corrected chi connectivity index (χ3v) is 3.55. The number of ether oxygens (including phenoxy) is 2. The number of nitrogens with one attached hydrogen (secondary N) is 1. The van der Waals surface area contributed by atoms with E-state index in [1.54, 1.807) is 6.92 Å². The van der Waals surface area contributed by atoms with Crippen molar-refractivity contribution in [3.63, 3.8) is 0 Å². The zero-order valence-electron chi connectivity index (χ0n) is 14.9. The Morgan fingerprint density at radius 2 is 1.71 bits per heavy atom. The van der Waals surface area contributed by atoms with Crippen LogP contribution in [0.15, 0.2) is 60.7 Å². The molecule has 0 aliphatic heterocycles. The van der Waals surface area contributed by atoms with E-state index < -0.39 is 24.8 Å². The van der Waals surface area contributed by atoms with E-state index in [2.05, 4.69) is 10.1 Å². The molecule has 5 nitrogen and oxygen atoms in total. The van der Waals surface area contributed by atoms with Crippen LogP contribution in [-0.2, 0) is 14.3 Å². The number of alkyl halides is 3.